The topological polar surface area (TPSA) is 111 Å². The zero-order valence-electron chi connectivity index (χ0n) is 25.4. The van der Waals surface area contributed by atoms with Crippen LogP contribution in [0.2, 0.25) is 0 Å². The van der Waals surface area contributed by atoms with E-state index < -0.39 is 0 Å². The molecule has 2 N–H and O–H groups in total. The van der Waals surface area contributed by atoms with E-state index in [1.165, 1.54) is 12.4 Å². The predicted octanol–water partition coefficient (Wildman–Crippen LogP) is 3.62. The number of hydroxylamine groups is 1. The maximum absolute atomic E-state index is 12.4. The van der Waals surface area contributed by atoms with Crippen LogP contribution in [0.3, 0.4) is 0 Å². The third-order valence-corrected chi connectivity index (χ3v) is 7.70. The van der Waals surface area contributed by atoms with E-state index in [9.17, 15) is 4.79 Å². The number of rotatable bonds is 11. The molecule has 1 aromatic carbocycles. The maximum atomic E-state index is 12.4. The fourth-order valence-corrected chi connectivity index (χ4v) is 5.28. The van der Waals surface area contributed by atoms with Crippen LogP contribution in [0.4, 0.5) is 28.7 Å². The lowest BCUT2D eigenvalue weighted by molar-refractivity contribution is -0.111. The Labute approximate surface area is 253 Å². The second-order valence-electron chi connectivity index (χ2n) is 11.0. The molecule has 0 saturated carbocycles. The molecule has 2 aromatic heterocycles. The van der Waals surface area contributed by atoms with Crippen LogP contribution in [-0.4, -0.2) is 97.7 Å². The first-order valence-electron chi connectivity index (χ1n) is 14.6. The fourth-order valence-electron chi connectivity index (χ4n) is 5.28. The van der Waals surface area contributed by atoms with Gasteiger partial charge in [-0.25, -0.2) is 15.0 Å². The second-order valence-corrected chi connectivity index (χ2v) is 11.0. The third-order valence-electron chi connectivity index (χ3n) is 7.70. The van der Waals surface area contributed by atoms with E-state index >= 15 is 0 Å². The lowest BCUT2D eigenvalue weighted by Gasteiger charge is -2.37. The summed E-state index contributed by atoms with van der Waals surface area (Å²) in [4.78, 5) is 38.8. The highest BCUT2D eigenvalue weighted by molar-refractivity contribution is 6.02. The van der Waals surface area contributed by atoms with Gasteiger partial charge in [-0.3, -0.25) is 19.5 Å². The number of carbonyl (C=O) groups is 1. The number of amides is 1. The number of pyridine rings is 1. The minimum Gasteiger partial charge on any atom is -0.494 e. The van der Waals surface area contributed by atoms with Crippen molar-refractivity contribution in [2.24, 2.45) is 0 Å². The summed E-state index contributed by atoms with van der Waals surface area (Å²) in [7, 11) is 5.82. The van der Waals surface area contributed by atoms with Gasteiger partial charge >= 0.3 is 0 Å². The highest BCUT2D eigenvalue weighted by atomic mass is 16.7. The molecular weight excluding hydrogens is 546 g/mol. The molecule has 12 heteroatoms. The fraction of sp³-hybridized carbons (Fsp3) is 0.419. The molecule has 0 radical (unpaired) electrons. The van der Waals surface area contributed by atoms with Crippen molar-refractivity contribution in [3.63, 3.8) is 0 Å². The first-order valence-corrected chi connectivity index (χ1v) is 14.6. The smallest absolute Gasteiger partial charge is 0.247 e. The van der Waals surface area contributed by atoms with E-state index in [2.05, 4.69) is 67.0 Å². The summed E-state index contributed by atoms with van der Waals surface area (Å²) in [6, 6.07) is 9.74. The maximum Gasteiger partial charge on any atom is 0.247 e. The van der Waals surface area contributed by atoms with Crippen LogP contribution in [0.5, 0.6) is 5.75 Å². The molecule has 1 atom stereocenters. The van der Waals surface area contributed by atoms with E-state index in [0.717, 1.165) is 62.6 Å². The largest absolute Gasteiger partial charge is 0.494 e. The van der Waals surface area contributed by atoms with Crippen LogP contribution < -0.4 is 25.3 Å². The summed E-state index contributed by atoms with van der Waals surface area (Å²) in [5.74, 6) is 1.53. The van der Waals surface area contributed by atoms with Gasteiger partial charge in [-0.1, -0.05) is 12.6 Å². The number of likely N-dealkylation sites (N-methyl/N-ethyl adjacent to an activating group) is 1. The predicted molar refractivity (Wildman–Crippen MR) is 169 cm³/mol. The molecule has 2 aliphatic heterocycles. The number of piperazine rings is 1. The van der Waals surface area contributed by atoms with Gasteiger partial charge in [0.15, 0.2) is 5.82 Å². The molecule has 5 rings (SSSR count). The number of carbonyl (C=O) groups excluding carboxylic acids is 1. The van der Waals surface area contributed by atoms with Gasteiger partial charge in [-0.2, -0.15) is 0 Å². The second kappa shape index (κ2) is 13.8. The summed E-state index contributed by atoms with van der Waals surface area (Å²) < 4.78 is 5.81. The molecule has 2 saturated heterocycles. The molecule has 228 valence electrons. The van der Waals surface area contributed by atoms with Gasteiger partial charge in [-0.05, 0) is 44.8 Å². The summed E-state index contributed by atoms with van der Waals surface area (Å²) in [6.07, 6.45) is 5.48. The van der Waals surface area contributed by atoms with E-state index in [4.69, 9.17) is 9.57 Å². The van der Waals surface area contributed by atoms with Gasteiger partial charge in [0, 0.05) is 69.7 Å². The zero-order valence-corrected chi connectivity index (χ0v) is 25.4. The Morgan fingerprint density at radius 3 is 2.65 bits per heavy atom. The van der Waals surface area contributed by atoms with Gasteiger partial charge in [-0.15, -0.1) is 0 Å². The lowest BCUT2D eigenvalue weighted by Crippen LogP contribution is -2.48. The van der Waals surface area contributed by atoms with Gasteiger partial charge in [0.05, 0.1) is 36.8 Å². The molecule has 0 bridgehead atoms. The van der Waals surface area contributed by atoms with Gasteiger partial charge in [0.2, 0.25) is 5.91 Å². The number of ether oxygens (including phenoxy) is 1. The molecule has 12 nitrogen and oxygen atoms in total. The van der Waals surface area contributed by atoms with Gasteiger partial charge in [0.25, 0.3) is 0 Å². The van der Waals surface area contributed by atoms with E-state index in [1.54, 1.807) is 7.11 Å². The highest BCUT2D eigenvalue weighted by Gasteiger charge is 2.30. The van der Waals surface area contributed by atoms with Crippen LogP contribution >= 0.6 is 0 Å². The number of anilines is 5. The summed E-state index contributed by atoms with van der Waals surface area (Å²) >= 11 is 0. The van der Waals surface area contributed by atoms with E-state index in [1.807, 2.05) is 42.4 Å². The number of methoxy groups -OCH3 is 1. The van der Waals surface area contributed by atoms with Crippen LogP contribution in [0.25, 0.3) is 0 Å². The number of benzene rings is 1. The number of hydrogen-bond donors (Lipinski definition) is 2. The first kappa shape index (κ1) is 30.2. The Kier molecular flexibility index (Phi) is 9.70. The summed E-state index contributed by atoms with van der Waals surface area (Å²) in [6.45, 7) is 11.8. The summed E-state index contributed by atoms with van der Waals surface area (Å²) in [5.41, 5.74) is 4.25. The van der Waals surface area contributed by atoms with Gasteiger partial charge in [0.1, 0.15) is 17.9 Å². The molecule has 0 aliphatic carbocycles. The van der Waals surface area contributed by atoms with E-state index in [0.29, 0.717) is 35.4 Å². The average Bonchev–Trinajstić information content (AvgIpc) is 3.51. The molecule has 2 aliphatic rings. The standard InChI is InChI=1S/C31H41N9O3/c1-6-31(41)36-24-17-25(28(42-5)18-27(24)39-14-12-38(13-15-39)11-10-37(3)4)35-29-19-30(34-21-33-29)40-26(9-16-43-40)23-8-7-22(2)32-20-23/h6-8,17-21,26H,1,9-16H2,2-5H3,(H,36,41)(H,33,34,35). The van der Waals surface area contributed by atoms with Crippen molar-refractivity contribution in [3.8, 4) is 5.75 Å². The molecule has 0 spiro atoms. The molecule has 4 heterocycles. The molecule has 1 unspecified atom stereocenters. The Hall–Kier alpha value is -4.26. The van der Waals surface area contributed by atoms with Crippen molar-refractivity contribution in [3.05, 3.63) is 66.8 Å². The molecule has 43 heavy (non-hydrogen) atoms. The minimum atomic E-state index is -0.283. The van der Waals surface area contributed by atoms with Crippen molar-refractivity contribution in [2.45, 2.75) is 19.4 Å². The third kappa shape index (κ3) is 7.39. The Balaban J connectivity index is 1.38. The number of hydrogen-bond acceptors (Lipinski definition) is 11. The Morgan fingerprint density at radius 2 is 1.95 bits per heavy atom. The SMILES string of the molecule is C=CC(=O)Nc1cc(Nc2cc(N3OCCC3c3ccc(C)nc3)ncn2)c(OC)cc1N1CCN(CCN(C)C)CC1. The monoisotopic (exact) mass is 587 g/mol. The number of aryl methyl sites for hydroxylation is 1. The summed E-state index contributed by atoms with van der Waals surface area (Å²) in [5, 5.41) is 8.17. The highest BCUT2D eigenvalue weighted by Crippen LogP contribution is 2.40. The van der Waals surface area contributed by atoms with Crippen molar-refractivity contribution < 1.29 is 14.4 Å². The number of nitrogens with zero attached hydrogens (tertiary/aromatic N) is 7. The van der Waals surface area contributed by atoms with Crippen molar-refractivity contribution in [1.82, 2.24) is 24.8 Å². The number of aromatic nitrogens is 3. The van der Waals surface area contributed by atoms with E-state index in [-0.39, 0.29) is 11.9 Å². The number of nitrogens with one attached hydrogen (secondary N) is 2. The lowest BCUT2D eigenvalue weighted by atomic mass is 10.1. The molecular formula is C31H41N9O3. The van der Waals surface area contributed by atoms with Gasteiger partial charge < -0.3 is 25.2 Å². The zero-order chi connectivity index (χ0) is 30.3. The van der Waals surface area contributed by atoms with Crippen LogP contribution in [0, 0.1) is 6.92 Å². The Bertz CT molecular complexity index is 1410. The average molecular weight is 588 g/mol. The van der Waals surface area contributed by atoms with Crippen LogP contribution in [0.15, 0.2) is 55.5 Å². The quantitative estimate of drug-likeness (QED) is 0.321. The first-order chi connectivity index (χ1) is 20.8. The van der Waals surface area contributed by atoms with Crippen molar-refractivity contribution >= 4 is 34.6 Å². The minimum absolute atomic E-state index is 0.00580. The van der Waals surface area contributed by atoms with Crippen LogP contribution in [0.1, 0.15) is 23.7 Å². The van der Waals surface area contributed by atoms with Crippen molar-refractivity contribution in [2.75, 3.05) is 87.7 Å². The molecule has 2 fully saturated rings. The van der Waals surface area contributed by atoms with Crippen molar-refractivity contribution in [1.29, 1.82) is 0 Å². The molecule has 1 amide bonds. The molecule has 3 aromatic rings. The van der Waals surface area contributed by atoms with Crippen LogP contribution in [-0.2, 0) is 9.63 Å². The Morgan fingerprint density at radius 1 is 1.14 bits per heavy atom. The normalized spacial score (nSPS) is 17.3.